The Morgan fingerprint density at radius 2 is 1.71 bits per heavy atom. The fourth-order valence-electron chi connectivity index (χ4n) is 3.79. The highest BCUT2D eigenvalue weighted by Gasteiger charge is 2.44. The minimum Gasteiger partial charge on any atom is -0.394 e. The summed E-state index contributed by atoms with van der Waals surface area (Å²) >= 11 is 0. The minimum absolute atomic E-state index is 0.452. The molecule has 6 heteroatoms. The van der Waals surface area contributed by atoms with Crippen molar-refractivity contribution in [2.75, 3.05) is 6.61 Å². The third-order valence-corrected chi connectivity index (χ3v) is 6.11. The first kappa shape index (κ1) is 22.0. The summed E-state index contributed by atoms with van der Waals surface area (Å²) < 4.78 is 5.69. The zero-order chi connectivity index (χ0) is 22.2. The zero-order valence-electron chi connectivity index (χ0n) is 17.4. The highest BCUT2D eigenvalue weighted by Crippen LogP contribution is 2.34. The van der Waals surface area contributed by atoms with Crippen molar-refractivity contribution >= 4 is 0 Å². The van der Waals surface area contributed by atoms with Gasteiger partial charge in [-0.1, -0.05) is 42.2 Å². The highest BCUT2D eigenvalue weighted by atomic mass is 16.5. The Labute approximate surface area is 181 Å². The summed E-state index contributed by atoms with van der Waals surface area (Å²) in [4.78, 5) is 0. The van der Waals surface area contributed by atoms with E-state index in [1.54, 1.807) is 0 Å². The van der Waals surface area contributed by atoms with Gasteiger partial charge in [0.2, 0.25) is 0 Å². The fraction of sp³-hybridized carbons (Fsp3) is 0.440. The van der Waals surface area contributed by atoms with Crippen molar-refractivity contribution in [2.24, 2.45) is 0 Å². The molecule has 1 aliphatic heterocycles. The number of rotatable bonds is 4. The van der Waals surface area contributed by atoms with Crippen LogP contribution in [0.15, 0.2) is 42.5 Å². The Bertz CT molecular complexity index is 983. The summed E-state index contributed by atoms with van der Waals surface area (Å²) in [5.74, 6) is 5.92. The van der Waals surface area contributed by atoms with Crippen LogP contribution in [0.4, 0.5) is 0 Å². The molecule has 1 saturated heterocycles. The van der Waals surface area contributed by atoms with Gasteiger partial charge in [-0.3, -0.25) is 0 Å². The van der Waals surface area contributed by atoms with E-state index in [4.69, 9.17) is 4.74 Å². The normalized spacial score (nSPS) is 29.2. The average Bonchev–Trinajstić information content (AvgIpc) is 3.51. The second-order valence-corrected chi connectivity index (χ2v) is 8.59. The zero-order valence-corrected chi connectivity index (χ0v) is 17.4. The van der Waals surface area contributed by atoms with Crippen molar-refractivity contribution in [2.45, 2.75) is 62.3 Å². The molecule has 0 spiro atoms. The predicted octanol–water partition coefficient (Wildman–Crippen LogP) is 0.977. The molecule has 6 nitrogen and oxygen atoms in total. The van der Waals surface area contributed by atoms with E-state index in [2.05, 4.69) is 11.8 Å². The molecule has 0 amide bonds. The first-order chi connectivity index (χ1) is 14.8. The SMILES string of the molecule is Cc1ccc(C2OC(CO)[C@@H](O)[C@H](O)[C@H]2O)cc1Cc1ccc(C#CC2(O)CC2)cc1. The van der Waals surface area contributed by atoms with E-state index in [-0.39, 0.29) is 0 Å². The van der Waals surface area contributed by atoms with Crippen LogP contribution in [0.1, 0.15) is 46.8 Å². The van der Waals surface area contributed by atoms with Crippen molar-refractivity contribution < 1.29 is 30.3 Å². The van der Waals surface area contributed by atoms with Gasteiger partial charge in [-0.15, -0.1) is 0 Å². The molecule has 2 unspecified atom stereocenters. The van der Waals surface area contributed by atoms with Crippen LogP contribution in [-0.4, -0.2) is 62.2 Å². The van der Waals surface area contributed by atoms with Crippen molar-refractivity contribution in [1.82, 2.24) is 0 Å². The molecular weight excluding hydrogens is 396 g/mol. The molecule has 1 aliphatic carbocycles. The van der Waals surface area contributed by atoms with Crippen LogP contribution in [0.3, 0.4) is 0 Å². The molecular formula is C25H28O6. The third kappa shape index (κ3) is 4.83. The van der Waals surface area contributed by atoms with E-state index in [1.165, 1.54) is 0 Å². The van der Waals surface area contributed by atoms with Gasteiger partial charge in [0.05, 0.1) is 6.61 Å². The van der Waals surface area contributed by atoms with Crippen molar-refractivity contribution in [3.8, 4) is 11.8 Å². The molecule has 2 aromatic carbocycles. The largest absolute Gasteiger partial charge is 0.394 e. The Kier molecular flexibility index (Phi) is 6.18. The number of aryl methyl sites for hydroxylation is 1. The topological polar surface area (TPSA) is 110 Å². The molecule has 5 atom stereocenters. The fourth-order valence-corrected chi connectivity index (χ4v) is 3.79. The number of ether oxygens (including phenoxy) is 1. The molecule has 2 fully saturated rings. The van der Waals surface area contributed by atoms with E-state index < -0.39 is 42.7 Å². The van der Waals surface area contributed by atoms with Gasteiger partial charge in [0.15, 0.2) is 0 Å². The van der Waals surface area contributed by atoms with Crippen molar-refractivity contribution in [3.63, 3.8) is 0 Å². The molecule has 0 aromatic heterocycles. The quantitative estimate of drug-likeness (QED) is 0.468. The van der Waals surface area contributed by atoms with Crippen LogP contribution in [0.5, 0.6) is 0 Å². The average molecular weight is 424 g/mol. The van der Waals surface area contributed by atoms with Crippen molar-refractivity contribution in [1.29, 1.82) is 0 Å². The smallest absolute Gasteiger partial charge is 0.126 e. The van der Waals surface area contributed by atoms with Gasteiger partial charge in [-0.25, -0.2) is 0 Å². The number of benzene rings is 2. The molecule has 4 rings (SSSR count). The minimum atomic E-state index is -1.40. The third-order valence-electron chi connectivity index (χ3n) is 6.11. The van der Waals surface area contributed by atoms with Gasteiger partial charge < -0.3 is 30.3 Å². The molecule has 0 radical (unpaired) electrons. The Balaban J connectivity index is 1.52. The Morgan fingerprint density at radius 1 is 1.00 bits per heavy atom. The summed E-state index contributed by atoms with van der Waals surface area (Å²) in [5.41, 5.74) is 3.95. The monoisotopic (exact) mass is 424 g/mol. The van der Waals surface area contributed by atoms with Gasteiger partial charge in [0.25, 0.3) is 0 Å². The standard InChI is InChI=1S/C25H28O6/c1-15-2-7-18(24-23(29)22(28)21(27)20(14-26)31-24)13-19(15)12-17-5-3-16(4-6-17)8-9-25(30)10-11-25/h2-7,13,20-24,26-30H,10-12,14H2,1H3/t20?,21-,22+,23-,24?/m1/s1. The Morgan fingerprint density at radius 3 is 2.35 bits per heavy atom. The molecule has 0 bridgehead atoms. The number of aliphatic hydroxyl groups excluding tert-OH is 4. The van der Waals surface area contributed by atoms with E-state index in [0.29, 0.717) is 12.0 Å². The maximum absolute atomic E-state index is 10.4. The summed E-state index contributed by atoms with van der Waals surface area (Å²) in [7, 11) is 0. The lowest BCUT2D eigenvalue weighted by atomic mass is 9.89. The summed E-state index contributed by atoms with van der Waals surface area (Å²) in [6, 6.07) is 13.6. The molecule has 1 saturated carbocycles. The van der Waals surface area contributed by atoms with E-state index in [0.717, 1.165) is 35.1 Å². The first-order valence-corrected chi connectivity index (χ1v) is 10.5. The van der Waals surface area contributed by atoms with Crippen LogP contribution >= 0.6 is 0 Å². The molecule has 5 N–H and O–H groups in total. The summed E-state index contributed by atoms with van der Waals surface area (Å²) in [6.45, 7) is 1.55. The van der Waals surface area contributed by atoms with Gasteiger partial charge in [-0.2, -0.15) is 0 Å². The summed E-state index contributed by atoms with van der Waals surface area (Å²) in [5, 5.41) is 49.8. The number of aliphatic hydroxyl groups is 5. The lowest BCUT2D eigenvalue weighted by Gasteiger charge is -2.40. The maximum Gasteiger partial charge on any atom is 0.126 e. The molecule has 164 valence electrons. The number of hydrogen-bond acceptors (Lipinski definition) is 6. The van der Waals surface area contributed by atoms with Crippen LogP contribution < -0.4 is 0 Å². The van der Waals surface area contributed by atoms with Gasteiger partial charge in [-0.05, 0) is 60.6 Å². The molecule has 31 heavy (non-hydrogen) atoms. The first-order valence-electron chi connectivity index (χ1n) is 10.5. The van der Waals surface area contributed by atoms with Gasteiger partial charge in [0, 0.05) is 5.56 Å². The lowest BCUT2D eigenvalue weighted by molar-refractivity contribution is -0.231. The maximum atomic E-state index is 10.4. The second kappa shape index (κ2) is 8.71. The van der Waals surface area contributed by atoms with Gasteiger partial charge in [0.1, 0.15) is 36.1 Å². The van der Waals surface area contributed by atoms with E-state index >= 15 is 0 Å². The molecule has 1 heterocycles. The number of hydrogen-bond donors (Lipinski definition) is 5. The Hall–Kier alpha value is -2.24. The van der Waals surface area contributed by atoms with Crippen LogP contribution in [0.2, 0.25) is 0 Å². The highest BCUT2D eigenvalue weighted by molar-refractivity contribution is 5.42. The van der Waals surface area contributed by atoms with Crippen molar-refractivity contribution in [3.05, 3.63) is 70.3 Å². The molecule has 2 aromatic rings. The van der Waals surface area contributed by atoms with Crippen LogP contribution in [0.25, 0.3) is 0 Å². The predicted molar refractivity (Wildman–Crippen MR) is 114 cm³/mol. The summed E-state index contributed by atoms with van der Waals surface area (Å²) in [6.07, 6.45) is -3.71. The van der Waals surface area contributed by atoms with Gasteiger partial charge >= 0.3 is 0 Å². The van der Waals surface area contributed by atoms with Crippen LogP contribution in [-0.2, 0) is 11.2 Å². The van der Waals surface area contributed by atoms with E-state index in [1.807, 2.05) is 49.4 Å². The molecule has 2 aliphatic rings. The van der Waals surface area contributed by atoms with Crippen LogP contribution in [0, 0.1) is 18.8 Å². The second-order valence-electron chi connectivity index (χ2n) is 8.59. The lowest BCUT2D eigenvalue weighted by Crippen LogP contribution is -2.55. The van der Waals surface area contributed by atoms with E-state index in [9.17, 15) is 25.5 Å².